The topological polar surface area (TPSA) is 53.4 Å². The van der Waals surface area contributed by atoms with Gasteiger partial charge in [-0.25, -0.2) is 18.3 Å². The van der Waals surface area contributed by atoms with Crippen molar-refractivity contribution >= 4 is 17.8 Å². The third-order valence-corrected chi connectivity index (χ3v) is 3.65. The van der Waals surface area contributed by atoms with E-state index in [9.17, 15) is 13.6 Å². The van der Waals surface area contributed by atoms with Gasteiger partial charge < -0.3 is 9.47 Å². The van der Waals surface area contributed by atoms with Crippen molar-refractivity contribution in [1.82, 2.24) is 9.78 Å². The highest BCUT2D eigenvalue weighted by Crippen LogP contribution is 2.30. The van der Waals surface area contributed by atoms with Crippen LogP contribution in [-0.2, 0) is 4.74 Å². The monoisotopic (exact) mass is 378 g/mol. The number of carbonyl (C=O) groups is 1. The third-order valence-electron chi connectivity index (χ3n) is 3.42. The van der Waals surface area contributed by atoms with Gasteiger partial charge >= 0.3 is 6.16 Å². The summed E-state index contributed by atoms with van der Waals surface area (Å²) in [4.78, 5) is 11.5. The number of hydrogen-bond acceptors (Lipinski definition) is 4. The Morgan fingerprint density at radius 3 is 2.69 bits per heavy atom. The molecule has 0 N–H and O–H groups in total. The van der Waals surface area contributed by atoms with Gasteiger partial charge in [0.15, 0.2) is 11.6 Å². The number of nitrogens with zero attached hydrogens (tertiary/aromatic N) is 2. The summed E-state index contributed by atoms with van der Waals surface area (Å²) in [6, 6.07) is 11.7. The second kappa shape index (κ2) is 7.53. The first-order valence-corrected chi connectivity index (χ1v) is 8.02. The first kappa shape index (κ1) is 17.9. The van der Waals surface area contributed by atoms with Crippen LogP contribution in [0.5, 0.6) is 5.88 Å². The van der Waals surface area contributed by atoms with Gasteiger partial charge in [-0.05, 0) is 37.3 Å². The van der Waals surface area contributed by atoms with Gasteiger partial charge in [0.25, 0.3) is 0 Å². The molecule has 26 heavy (non-hydrogen) atoms. The molecule has 0 aliphatic rings. The fourth-order valence-corrected chi connectivity index (χ4v) is 2.52. The lowest BCUT2D eigenvalue weighted by molar-refractivity contribution is 0.102. The average molecular weight is 379 g/mol. The zero-order valence-electron chi connectivity index (χ0n) is 13.6. The molecule has 5 nitrogen and oxygen atoms in total. The second-order valence-corrected chi connectivity index (χ2v) is 5.58. The molecule has 0 amide bonds. The molecule has 0 radical (unpaired) electrons. The van der Waals surface area contributed by atoms with Crippen molar-refractivity contribution in [1.29, 1.82) is 0 Å². The molecule has 0 bridgehead atoms. The summed E-state index contributed by atoms with van der Waals surface area (Å²) in [7, 11) is 0. The number of benzene rings is 2. The van der Waals surface area contributed by atoms with E-state index in [-0.39, 0.29) is 23.7 Å². The van der Waals surface area contributed by atoms with Gasteiger partial charge in [-0.3, -0.25) is 0 Å². The maximum Gasteiger partial charge on any atom is 0.515 e. The van der Waals surface area contributed by atoms with Crippen LogP contribution in [0.15, 0.2) is 48.5 Å². The maximum absolute atomic E-state index is 14.3. The van der Waals surface area contributed by atoms with Crippen molar-refractivity contribution in [2.75, 3.05) is 6.61 Å². The van der Waals surface area contributed by atoms with E-state index in [0.717, 1.165) is 6.07 Å². The van der Waals surface area contributed by atoms with Crippen molar-refractivity contribution in [2.45, 2.75) is 6.92 Å². The molecule has 1 heterocycles. The molecule has 0 fully saturated rings. The zero-order chi connectivity index (χ0) is 18.7. The molecule has 0 aliphatic carbocycles. The van der Waals surface area contributed by atoms with E-state index in [1.54, 1.807) is 31.2 Å². The van der Waals surface area contributed by atoms with Crippen molar-refractivity contribution in [3.8, 4) is 22.8 Å². The van der Waals surface area contributed by atoms with Gasteiger partial charge in [0.1, 0.15) is 0 Å². The van der Waals surface area contributed by atoms with Crippen LogP contribution in [0.25, 0.3) is 16.9 Å². The Morgan fingerprint density at radius 2 is 1.96 bits per heavy atom. The highest BCUT2D eigenvalue weighted by atomic mass is 35.5. The Morgan fingerprint density at radius 1 is 1.19 bits per heavy atom. The quantitative estimate of drug-likeness (QED) is 0.599. The first-order chi connectivity index (χ1) is 12.5. The Balaban J connectivity index is 2.13. The molecule has 3 rings (SSSR count). The van der Waals surface area contributed by atoms with Crippen LogP contribution < -0.4 is 4.74 Å². The number of halogens is 3. The molecule has 1 aromatic heterocycles. The molecule has 0 spiro atoms. The normalized spacial score (nSPS) is 10.6. The van der Waals surface area contributed by atoms with Gasteiger partial charge in [0.05, 0.1) is 18.0 Å². The van der Waals surface area contributed by atoms with Gasteiger partial charge in [0.2, 0.25) is 5.88 Å². The number of ether oxygens (including phenoxy) is 2. The minimum atomic E-state index is -1.04. The number of aromatic nitrogens is 2. The SMILES string of the molecule is CCOC(=O)Oc1cc(-c2cccc(F)c2F)n(-c2cccc(Cl)c2)n1. The predicted octanol–water partition coefficient (Wildman–Crippen LogP) is 5.01. The third kappa shape index (κ3) is 3.67. The van der Waals surface area contributed by atoms with Crippen LogP contribution in [0.1, 0.15) is 6.92 Å². The summed E-state index contributed by atoms with van der Waals surface area (Å²) in [5, 5.41) is 4.56. The zero-order valence-corrected chi connectivity index (χ0v) is 14.3. The van der Waals surface area contributed by atoms with Gasteiger partial charge in [-0.2, -0.15) is 0 Å². The predicted molar refractivity (Wildman–Crippen MR) is 91.6 cm³/mol. The Bertz CT molecular complexity index is 959. The van der Waals surface area contributed by atoms with Gasteiger partial charge in [0, 0.05) is 16.7 Å². The molecule has 3 aromatic rings. The Kier molecular flexibility index (Phi) is 5.18. The van der Waals surface area contributed by atoms with Crippen LogP contribution in [0.3, 0.4) is 0 Å². The number of rotatable bonds is 4. The highest BCUT2D eigenvalue weighted by Gasteiger charge is 2.19. The minimum Gasteiger partial charge on any atom is -0.434 e. The molecular weight excluding hydrogens is 366 g/mol. The fourth-order valence-electron chi connectivity index (χ4n) is 2.34. The second-order valence-electron chi connectivity index (χ2n) is 5.15. The lowest BCUT2D eigenvalue weighted by atomic mass is 10.1. The van der Waals surface area contributed by atoms with E-state index in [4.69, 9.17) is 21.1 Å². The molecule has 0 unspecified atom stereocenters. The van der Waals surface area contributed by atoms with E-state index in [2.05, 4.69) is 5.10 Å². The van der Waals surface area contributed by atoms with Gasteiger partial charge in [-0.1, -0.05) is 23.7 Å². The van der Waals surface area contributed by atoms with Crippen molar-refractivity contribution in [2.24, 2.45) is 0 Å². The molecule has 134 valence electrons. The largest absolute Gasteiger partial charge is 0.515 e. The summed E-state index contributed by atoms with van der Waals surface area (Å²) in [6.45, 7) is 1.75. The molecule has 8 heteroatoms. The standard InChI is InChI=1S/C18H13ClF2N2O3/c1-2-25-18(24)26-16-10-15(13-7-4-8-14(20)17(13)21)23(22-16)12-6-3-5-11(19)9-12/h3-10H,2H2,1H3. The lowest BCUT2D eigenvalue weighted by Crippen LogP contribution is -2.10. The van der Waals surface area contributed by atoms with Crippen molar-refractivity contribution in [3.63, 3.8) is 0 Å². The summed E-state index contributed by atoms with van der Waals surface area (Å²) in [5.41, 5.74) is 0.620. The van der Waals surface area contributed by atoms with E-state index < -0.39 is 17.8 Å². The number of hydrogen-bond donors (Lipinski definition) is 0. The average Bonchev–Trinajstić information content (AvgIpc) is 3.01. The summed E-state index contributed by atoms with van der Waals surface area (Å²) < 4.78 is 38.9. The Labute approximate surface area is 152 Å². The lowest BCUT2D eigenvalue weighted by Gasteiger charge is -2.08. The van der Waals surface area contributed by atoms with Crippen LogP contribution in [0.2, 0.25) is 5.02 Å². The summed E-state index contributed by atoms with van der Waals surface area (Å²) >= 11 is 6.00. The Hall–Kier alpha value is -2.93. The first-order valence-electron chi connectivity index (χ1n) is 7.64. The van der Waals surface area contributed by atoms with E-state index in [1.807, 2.05) is 0 Å². The molecular formula is C18H13ClF2N2O3. The number of carbonyl (C=O) groups excluding carboxylic acids is 1. The van der Waals surface area contributed by atoms with E-state index >= 15 is 0 Å². The molecule has 2 aromatic carbocycles. The van der Waals surface area contributed by atoms with Crippen molar-refractivity contribution < 1.29 is 23.0 Å². The molecule has 0 atom stereocenters. The molecule has 0 saturated heterocycles. The van der Waals surface area contributed by atoms with Crippen molar-refractivity contribution in [3.05, 3.63) is 65.2 Å². The van der Waals surface area contributed by atoms with E-state index in [1.165, 1.54) is 22.9 Å². The van der Waals surface area contributed by atoms with Crippen LogP contribution in [0.4, 0.5) is 13.6 Å². The molecule has 0 aliphatic heterocycles. The van der Waals surface area contributed by atoms with Gasteiger partial charge in [-0.15, -0.1) is 5.10 Å². The van der Waals surface area contributed by atoms with Crippen LogP contribution >= 0.6 is 11.6 Å². The highest BCUT2D eigenvalue weighted by molar-refractivity contribution is 6.30. The van der Waals surface area contributed by atoms with E-state index in [0.29, 0.717) is 10.7 Å². The minimum absolute atomic E-state index is 0.0452. The molecule has 0 saturated carbocycles. The maximum atomic E-state index is 14.3. The smallest absolute Gasteiger partial charge is 0.434 e. The summed E-state index contributed by atoms with van der Waals surface area (Å²) in [6.07, 6.45) is -0.950. The summed E-state index contributed by atoms with van der Waals surface area (Å²) in [5.74, 6) is -2.17. The fraction of sp³-hybridized carbons (Fsp3) is 0.111. The van der Waals surface area contributed by atoms with Crippen LogP contribution in [-0.4, -0.2) is 22.5 Å². The van der Waals surface area contributed by atoms with Crippen LogP contribution in [0, 0.1) is 11.6 Å².